The monoisotopic (exact) mass is 343 g/mol. The van der Waals surface area contributed by atoms with Gasteiger partial charge >= 0.3 is 0 Å². The van der Waals surface area contributed by atoms with Crippen LogP contribution in [-0.4, -0.2) is 10.4 Å². The van der Waals surface area contributed by atoms with Gasteiger partial charge < -0.3 is 4.57 Å². The summed E-state index contributed by atoms with van der Waals surface area (Å²) in [6.07, 6.45) is 1.53. The normalized spacial score (nSPS) is 15.8. The minimum Gasteiger partial charge on any atom is -0.313 e. The summed E-state index contributed by atoms with van der Waals surface area (Å²) in [7, 11) is 0. The maximum Gasteiger partial charge on any atom is 0.165 e. The highest BCUT2D eigenvalue weighted by Crippen LogP contribution is 2.40. The highest BCUT2D eigenvalue weighted by atomic mass is 16.1. The van der Waals surface area contributed by atoms with Crippen molar-refractivity contribution in [2.45, 2.75) is 40.5 Å². The van der Waals surface area contributed by atoms with E-state index in [1.54, 1.807) is 0 Å². The minimum absolute atomic E-state index is 0.00806. The summed E-state index contributed by atoms with van der Waals surface area (Å²) < 4.78 is 2.33. The number of benzene rings is 2. The third-order valence-corrected chi connectivity index (χ3v) is 5.57. The van der Waals surface area contributed by atoms with E-state index in [0.717, 1.165) is 28.9 Å². The van der Waals surface area contributed by atoms with Crippen LogP contribution in [0.3, 0.4) is 0 Å². The lowest BCUT2D eigenvalue weighted by Crippen LogP contribution is -2.28. The Labute approximate surface area is 155 Å². The number of rotatable bonds is 2. The van der Waals surface area contributed by atoms with Gasteiger partial charge in [0.05, 0.1) is 5.69 Å². The number of aryl methyl sites for hydroxylation is 1. The van der Waals surface area contributed by atoms with E-state index >= 15 is 0 Å². The zero-order valence-corrected chi connectivity index (χ0v) is 16.0. The molecule has 0 spiro atoms. The Morgan fingerprint density at radius 2 is 1.65 bits per heavy atom. The molecule has 4 rings (SSSR count). The molecule has 26 heavy (non-hydrogen) atoms. The van der Waals surface area contributed by atoms with Gasteiger partial charge in [-0.2, -0.15) is 0 Å². The first-order valence-corrected chi connectivity index (χ1v) is 9.27. The first-order valence-electron chi connectivity index (χ1n) is 9.27. The molecule has 0 bridgehead atoms. The standard InChI is InChI=1S/C24H25NO/c1-16-9-8-12-20(17(16)2)25-21(18-10-6-5-7-11-18)13-19-22(25)14-24(3,4)15-23(19)26/h5-13H,14-15H2,1-4H3. The van der Waals surface area contributed by atoms with Crippen LogP contribution in [0.5, 0.6) is 0 Å². The van der Waals surface area contributed by atoms with Gasteiger partial charge in [-0.25, -0.2) is 0 Å². The molecule has 0 saturated carbocycles. The molecule has 1 aliphatic rings. The molecule has 2 heteroatoms. The first-order chi connectivity index (χ1) is 12.4. The average molecular weight is 343 g/mol. The van der Waals surface area contributed by atoms with E-state index in [1.807, 2.05) is 6.07 Å². The third-order valence-electron chi connectivity index (χ3n) is 5.57. The number of ketones is 1. The van der Waals surface area contributed by atoms with E-state index in [2.05, 4.69) is 80.8 Å². The van der Waals surface area contributed by atoms with Crippen molar-refractivity contribution in [1.82, 2.24) is 4.57 Å². The summed E-state index contributed by atoms with van der Waals surface area (Å²) in [4.78, 5) is 12.9. The summed E-state index contributed by atoms with van der Waals surface area (Å²) in [5.74, 6) is 0.262. The number of aromatic nitrogens is 1. The van der Waals surface area contributed by atoms with E-state index < -0.39 is 0 Å². The molecule has 1 heterocycles. The Morgan fingerprint density at radius 3 is 2.38 bits per heavy atom. The SMILES string of the molecule is Cc1cccc(-n2c(-c3ccccc3)cc3c2CC(C)(C)CC3=O)c1C. The Hall–Kier alpha value is -2.61. The van der Waals surface area contributed by atoms with Crippen LogP contribution in [-0.2, 0) is 6.42 Å². The molecule has 1 aromatic heterocycles. The molecule has 0 radical (unpaired) electrons. The molecular formula is C24H25NO. The molecular weight excluding hydrogens is 318 g/mol. The molecule has 3 aromatic rings. The number of carbonyl (C=O) groups is 1. The van der Waals surface area contributed by atoms with E-state index in [0.29, 0.717) is 6.42 Å². The van der Waals surface area contributed by atoms with Gasteiger partial charge in [0.15, 0.2) is 5.78 Å². The number of hydrogen-bond acceptors (Lipinski definition) is 1. The molecule has 0 atom stereocenters. The molecule has 2 aromatic carbocycles. The number of Topliss-reactive ketones (excluding diaryl/α,β-unsaturated/α-hetero) is 1. The second-order valence-electron chi connectivity index (χ2n) is 8.25. The van der Waals surface area contributed by atoms with E-state index in [9.17, 15) is 4.79 Å². The lowest BCUT2D eigenvalue weighted by atomic mass is 9.76. The van der Waals surface area contributed by atoms with Crippen LogP contribution < -0.4 is 0 Å². The van der Waals surface area contributed by atoms with Crippen molar-refractivity contribution in [3.8, 4) is 16.9 Å². The topological polar surface area (TPSA) is 22.0 Å². The van der Waals surface area contributed by atoms with E-state index in [-0.39, 0.29) is 11.2 Å². The second kappa shape index (κ2) is 5.98. The maximum atomic E-state index is 12.9. The summed E-state index contributed by atoms with van der Waals surface area (Å²) in [6, 6.07) is 18.9. The summed E-state index contributed by atoms with van der Waals surface area (Å²) >= 11 is 0. The molecule has 132 valence electrons. The fourth-order valence-electron chi connectivity index (χ4n) is 4.09. The van der Waals surface area contributed by atoms with Crippen molar-refractivity contribution in [2.75, 3.05) is 0 Å². The Balaban J connectivity index is 2.05. The van der Waals surface area contributed by atoms with Gasteiger partial charge in [-0.15, -0.1) is 0 Å². The number of hydrogen-bond donors (Lipinski definition) is 0. The molecule has 0 fully saturated rings. The molecule has 0 N–H and O–H groups in total. The fraction of sp³-hybridized carbons (Fsp3) is 0.292. The Bertz CT molecular complexity index is 993. The second-order valence-corrected chi connectivity index (χ2v) is 8.25. The van der Waals surface area contributed by atoms with Gasteiger partial charge in [-0.3, -0.25) is 4.79 Å². The first kappa shape index (κ1) is 16.8. The molecule has 0 unspecified atom stereocenters. The number of carbonyl (C=O) groups excluding carboxylic acids is 1. The highest BCUT2D eigenvalue weighted by Gasteiger charge is 2.35. The summed E-state index contributed by atoms with van der Waals surface area (Å²) in [5.41, 5.74) is 8.00. The third kappa shape index (κ3) is 2.70. The van der Waals surface area contributed by atoms with Gasteiger partial charge in [-0.1, -0.05) is 56.3 Å². The molecule has 0 aliphatic heterocycles. The smallest absolute Gasteiger partial charge is 0.165 e. The zero-order chi connectivity index (χ0) is 18.5. The largest absolute Gasteiger partial charge is 0.313 e. The van der Waals surface area contributed by atoms with Crippen molar-refractivity contribution in [3.63, 3.8) is 0 Å². The fourth-order valence-corrected chi connectivity index (χ4v) is 4.09. The lowest BCUT2D eigenvalue weighted by molar-refractivity contribution is 0.0911. The minimum atomic E-state index is -0.00806. The van der Waals surface area contributed by atoms with E-state index in [1.165, 1.54) is 16.8 Å². The molecule has 2 nitrogen and oxygen atoms in total. The number of fused-ring (bicyclic) bond motifs is 1. The van der Waals surface area contributed by atoms with Crippen LogP contribution in [0.15, 0.2) is 54.6 Å². The Morgan fingerprint density at radius 1 is 0.923 bits per heavy atom. The zero-order valence-electron chi connectivity index (χ0n) is 16.0. The number of nitrogens with zero attached hydrogens (tertiary/aromatic N) is 1. The quantitative estimate of drug-likeness (QED) is 0.566. The van der Waals surface area contributed by atoms with Crippen LogP contribution in [0.4, 0.5) is 0 Å². The summed E-state index contributed by atoms with van der Waals surface area (Å²) in [6.45, 7) is 8.70. The highest BCUT2D eigenvalue weighted by molar-refractivity contribution is 6.00. The van der Waals surface area contributed by atoms with Crippen LogP contribution in [0, 0.1) is 19.3 Å². The van der Waals surface area contributed by atoms with Crippen molar-refractivity contribution >= 4 is 5.78 Å². The van der Waals surface area contributed by atoms with Crippen LogP contribution >= 0.6 is 0 Å². The lowest BCUT2D eigenvalue weighted by Gasteiger charge is -2.30. The van der Waals surface area contributed by atoms with Crippen molar-refractivity contribution in [2.24, 2.45) is 5.41 Å². The van der Waals surface area contributed by atoms with Crippen LogP contribution in [0.2, 0.25) is 0 Å². The van der Waals surface area contributed by atoms with Crippen molar-refractivity contribution in [1.29, 1.82) is 0 Å². The average Bonchev–Trinajstić information content (AvgIpc) is 2.96. The van der Waals surface area contributed by atoms with Crippen molar-refractivity contribution in [3.05, 3.63) is 77.0 Å². The maximum absolute atomic E-state index is 12.9. The van der Waals surface area contributed by atoms with Gasteiger partial charge in [0.2, 0.25) is 0 Å². The van der Waals surface area contributed by atoms with Crippen LogP contribution in [0.25, 0.3) is 16.9 Å². The Kier molecular flexibility index (Phi) is 3.87. The van der Waals surface area contributed by atoms with Gasteiger partial charge in [0.1, 0.15) is 0 Å². The summed E-state index contributed by atoms with van der Waals surface area (Å²) in [5, 5.41) is 0. The predicted octanol–water partition coefficient (Wildman–Crippen LogP) is 5.92. The van der Waals surface area contributed by atoms with Gasteiger partial charge in [0, 0.05) is 23.4 Å². The van der Waals surface area contributed by atoms with Gasteiger partial charge in [0.25, 0.3) is 0 Å². The van der Waals surface area contributed by atoms with E-state index in [4.69, 9.17) is 0 Å². The predicted molar refractivity (Wildman–Crippen MR) is 107 cm³/mol. The molecule has 0 amide bonds. The molecule has 1 aliphatic carbocycles. The molecule has 0 saturated heterocycles. The van der Waals surface area contributed by atoms with Gasteiger partial charge in [-0.05, 0) is 54.5 Å². The van der Waals surface area contributed by atoms with Crippen LogP contribution in [0.1, 0.15) is 47.4 Å². The van der Waals surface area contributed by atoms with Crippen molar-refractivity contribution < 1.29 is 4.79 Å².